The Morgan fingerprint density at radius 2 is 1.32 bits per heavy atom. The lowest BCUT2D eigenvalue weighted by Crippen LogP contribution is -2.68. The van der Waals surface area contributed by atoms with Gasteiger partial charge in [-0.3, -0.25) is 4.79 Å². The van der Waals surface area contributed by atoms with Crippen LogP contribution in [-0.2, 0) is 33.2 Å². The van der Waals surface area contributed by atoms with Crippen molar-refractivity contribution in [2.75, 3.05) is 27.4 Å². The van der Waals surface area contributed by atoms with E-state index in [1.807, 2.05) is 0 Å². The molecule has 0 aromatic rings. The first kappa shape index (κ1) is 30.5. The molecular formula is C21H37NO15. The number of amides is 1. The molecule has 3 aliphatic rings. The van der Waals surface area contributed by atoms with Gasteiger partial charge in [0.05, 0.1) is 19.3 Å². The minimum absolute atomic E-state index is 0.424. The van der Waals surface area contributed by atoms with Crippen LogP contribution in [0.4, 0.5) is 0 Å². The Morgan fingerprint density at radius 3 is 1.89 bits per heavy atom. The Balaban J connectivity index is 1.88. The minimum atomic E-state index is -1.79. The van der Waals surface area contributed by atoms with Crippen molar-refractivity contribution in [2.24, 2.45) is 0 Å². The largest absolute Gasteiger partial charge is 0.394 e. The van der Waals surface area contributed by atoms with Crippen LogP contribution in [0.2, 0.25) is 0 Å². The molecule has 0 aromatic heterocycles. The molecule has 3 saturated heterocycles. The fourth-order valence-electron chi connectivity index (χ4n) is 4.66. The van der Waals surface area contributed by atoms with E-state index in [0.717, 1.165) is 4.90 Å². The van der Waals surface area contributed by atoms with E-state index in [0.29, 0.717) is 6.41 Å². The fraction of sp³-hybridized carbons (Fsp3) is 0.952. The lowest BCUT2D eigenvalue weighted by atomic mass is 9.94. The first-order valence-electron chi connectivity index (χ1n) is 11.8. The highest BCUT2D eigenvalue weighted by Gasteiger charge is 2.54. The van der Waals surface area contributed by atoms with Crippen molar-refractivity contribution in [1.29, 1.82) is 0 Å². The van der Waals surface area contributed by atoms with Crippen LogP contribution in [0.1, 0.15) is 6.92 Å². The third-order valence-corrected chi connectivity index (χ3v) is 6.90. The minimum Gasteiger partial charge on any atom is -0.394 e. The van der Waals surface area contributed by atoms with E-state index < -0.39 is 105 Å². The van der Waals surface area contributed by atoms with E-state index in [2.05, 4.69) is 0 Å². The second-order valence-corrected chi connectivity index (χ2v) is 9.30. The van der Waals surface area contributed by atoms with Gasteiger partial charge >= 0.3 is 0 Å². The summed E-state index contributed by atoms with van der Waals surface area (Å²) < 4.78 is 33.3. The Labute approximate surface area is 212 Å². The fourth-order valence-corrected chi connectivity index (χ4v) is 4.66. The molecule has 16 heteroatoms. The number of hydrogen-bond acceptors (Lipinski definition) is 15. The van der Waals surface area contributed by atoms with Gasteiger partial charge in [0.1, 0.15) is 67.1 Å². The predicted octanol–water partition coefficient (Wildman–Crippen LogP) is -5.80. The maximum atomic E-state index is 11.4. The first-order valence-corrected chi connectivity index (χ1v) is 11.8. The molecule has 16 nitrogen and oxygen atoms in total. The SMILES string of the molecule is CO[C@@H]1OC(CO)[C@@H](O[C@@H]2OC(CO)[C@H](O)[C@H](O)C2O[C@@H]2OC(C)[C@@H](O)C(O)[C@@H]2O)[C@H](O)C1N(C)C=O. The molecule has 3 rings (SSSR count). The standard InChI is InChI=1S/C21H37NO15/c1-7-11(26)14(29)16(31)20(33-7)37-18-15(30)12(27)8(4-23)34-21(18)36-17-9(5-24)35-19(32-3)10(13(17)28)22(2)6-25/h6-21,23-24,26-31H,4-5H2,1-3H3/t7?,8?,9?,10?,11-,12+,13-,14?,15+,16+,17-,18?,19-,20+,21+/m1/s1. The van der Waals surface area contributed by atoms with Gasteiger partial charge < -0.3 is 74.2 Å². The molecule has 15 atom stereocenters. The summed E-state index contributed by atoms with van der Waals surface area (Å²) in [6.07, 6.45) is -20.5. The molecule has 3 aliphatic heterocycles. The number of aliphatic hydroxyl groups excluding tert-OH is 8. The highest BCUT2D eigenvalue weighted by atomic mass is 16.8. The Hall–Kier alpha value is -1.09. The van der Waals surface area contributed by atoms with Crippen molar-refractivity contribution in [2.45, 2.75) is 99.0 Å². The number of rotatable bonds is 9. The zero-order valence-corrected chi connectivity index (χ0v) is 20.5. The number of ether oxygens (including phenoxy) is 6. The molecule has 0 spiro atoms. The smallest absolute Gasteiger partial charge is 0.209 e. The molecule has 0 aliphatic carbocycles. The van der Waals surface area contributed by atoms with Crippen LogP contribution >= 0.6 is 0 Å². The first-order chi connectivity index (χ1) is 17.5. The van der Waals surface area contributed by atoms with Crippen LogP contribution in [0, 0.1) is 0 Å². The number of hydrogen-bond donors (Lipinski definition) is 8. The zero-order chi connectivity index (χ0) is 27.6. The molecule has 216 valence electrons. The number of nitrogens with zero attached hydrogens (tertiary/aromatic N) is 1. The second kappa shape index (κ2) is 12.8. The van der Waals surface area contributed by atoms with Crippen LogP contribution in [0.3, 0.4) is 0 Å². The molecule has 0 radical (unpaired) electrons. The molecular weight excluding hydrogens is 506 g/mol. The number of carbonyl (C=O) groups excluding carboxylic acids is 1. The molecule has 3 heterocycles. The summed E-state index contributed by atoms with van der Waals surface area (Å²) in [4.78, 5) is 12.5. The van der Waals surface area contributed by atoms with Crippen molar-refractivity contribution in [3.8, 4) is 0 Å². The maximum Gasteiger partial charge on any atom is 0.209 e. The number of aliphatic hydroxyl groups is 8. The van der Waals surface area contributed by atoms with E-state index in [-0.39, 0.29) is 0 Å². The Kier molecular flexibility index (Phi) is 10.6. The molecule has 1 amide bonds. The summed E-state index contributed by atoms with van der Waals surface area (Å²) in [5, 5.41) is 82.1. The van der Waals surface area contributed by atoms with Gasteiger partial charge in [-0.2, -0.15) is 0 Å². The van der Waals surface area contributed by atoms with Gasteiger partial charge in [-0.25, -0.2) is 0 Å². The topological polar surface area (TPSA) is 238 Å². The van der Waals surface area contributed by atoms with Gasteiger partial charge in [-0.1, -0.05) is 0 Å². The van der Waals surface area contributed by atoms with Crippen LogP contribution < -0.4 is 0 Å². The second-order valence-electron chi connectivity index (χ2n) is 9.30. The van der Waals surface area contributed by atoms with Gasteiger partial charge in [-0.15, -0.1) is 0 Å². The van der Waals surface area contributed by atoms with Crippen molar-refractivity contribution >= 4 is 6.41 Å². The molecule has 0 saturated carbocycles. The van der Waals surface area contributed by atoms with Crippen molar-refractivity contribution < 1.29 is 74.1 Å². The predicted molar refractivity (Wildman–Crippen MR) is 116 cm³/mol. The van der Waals surface area contributed by atoms with Crippen molar-refractivity contribution in [3.05, 3.63) is 0 Å². The van der Waals surface area contributed by atoms with E-state index in [9.17, 15) is 45.6 Å². The Morgan fingerprint density at radius 1 is 0.730 bits per heavy atom. The number of methoxy groups -OCH3 is 1. The highest BCUT2D eigenvalue weighted by molar-refractivity contribution is 5.47. The molecule has 6 unspecified atom stereocenters. The molecule has 8 N–H and O–H groups in total. The van der Waals surface area contributed by atoms with E-state index in [4.69, 9.17) is 28.4 Å². The van der Waals surface area contributed by atoms with Crippen LogP contribution in [-0.4, -0.2) is 172 Å². The molecule has 0 bridgehead atoms. The summed E-state index contributed by atoms with van der Waals surface area (Å²) >= 11 is 0. The molecule has 0 aromatic carbocycles. The van der Waals surface area contributed by atoms with Gasteiger partial charge in [-0.05, 0) is 6.92 Å². The summed E-state index contributed by atoms with van der Waals surface area (Å²) in [7, 11) is 2.64. The third kappa shape index (κ3) is 6.07. The normalized spacial score (nSPS) is 49.0. The Bertz CT molecular complexity index is 734. The van der Waals surface area contributed by atoms with E-state index >= 15 is 0 Å². The molecule has 37 heavy (non-hydrogen) atoms. The van der Waals surface area contributed by atoms with Crippen molar-refractivity contribution in [1.82, 2.24) is 4.90 Å². The summed E-state index contributed by atoms with van der Waals surface area (Å²) in [6, 6.07) is -1.09. The third-order valence-electron chi connectivity index (χ3n) is 6.90. The lowest BCUT2D eigenvalue weighted by Gasteiger charge is -2.49. The van der Waals surface area contributed by atoms with Crippen LogP contribution in [0.25, 0.3) is 0 Å². The monoisotopic (exact) mass is 543 g/mol. The zero-order valence-electron chi connectivity index (χ0n) is 20.5. The van der Waals surface area contributed by atoms with Gasteiger partial charge in [0.2, 0.25) is 6.41 Å². The van der Waals surface area contributed by atoms with Crippen LogP contribution in [0.5, 0.6) is 0 Å². The average Bonchev–Trinajstić information content (AvgIpc) is 2.89. The lowest BCUT2D eigenvalue weighted by molar-refractivity contribution is -0.383. The quantitative estimate of drug-likeness (QED) is 0.126. The number of likely N-dealkylation sites (N-methyl/N-ethyl adjacent to an activating group) is 1. The van der Waals surface area contributed by atoms with Crippen LogP contribution in [0.15, 0.2) is 0 Å². The van der Waals surface area contributed by atoms with E-state index in [1.165, 1.54) is 21.1 Å². The van der Waals surface area contributed by atoms with Gasteiger partial charge in [0.15, 0.2) is 18.9 Å². The average molecular weight is 544 g/mol. The summed E-state index contributed by atoms with van der Waals surface area (Å²) in [5.74, 6) is 0. The summed E-state index contributed by atoms with van der Waals surface area (Å²) in [5.41, 5.74) is 0. The maximum absolute atomic E-state index is 11.4. The highest BCUT2D eigenvalue weighted by Crippen LogP contribution is 2.33. The van der Waals surface area contributed by atoms with Crippen molar-refractivity contribution in [3.63, 3.8) is 0 Å². The summed E-state index contributed by atoms with van der Waals surface area (Å²) in [6.45, 7) is -0.00524. The van der Waals surface area contributed by atoms with E-state index in [1.54, 1.807) is 0 Å². The molecule has 3 fully saturated rings. The van der Waals surface area contributed by atoms with Gasteiger partial charge in [0.25, 0.3) is 0 Å². The number of carbonyl (C=O) groups is 1. The van der Waals surface area contributed by atoms with Gasteiger partial charge in [0, 0.05) is 14.2 Å².